The van der Waals surface area contributed by atoms with E-state index in [1.807, 2.05) is 22.6 Å². The van der Waals surface area contributed by atoms with Gasteiger partial charge in [-0.05, 0) is 40.8 Å². The lowest BCUT2D eigenvalue weighted by molar-refractivity contribution is -0.694. The predicted molar refractivity (Wildman–Crippen MR) is 102 cm³/mol. The van der Waals surface area contributed by atoms with Gasteiger partial charge >= 0.3 is 0 Å². The van der Waals surface area contributed by atoms with E-state index < -0.39 is 24.4 Å². The van der Waals surface area contributed by atoms with Crippen LogP contribution in [-0.4, -0.2) is 53.3 Å². The van der Waals surface area contributed by atoms with E-state index in [1.54, 1.807) is 30.9 Å². The summed E-state index contributed by atoms with van der Waals surface area (Å²) in [5.74, 6) is -1.04. The van der Waals surface area contributed by atoms with Gasteiger partial charge < -0.3 is 10.2 Å². The second-order valence-electron chi connectivity index (χ2n) is 5.82. The molecule has 27 heavy (non-hydrogen) atoms. The molecule has 1 aromatic carbocycles. The lowest BCUT2D eigenvalue weighted by Gasteiger charge is -2.31. The molecule has 3 rings (SSSR count). The van der Waals surface area contributed by atoms with E-state index in [-0.39, 0.29) is 18.0 Å². The molecule has 11 heteroatoms. The second-order valence-corrected chi connectivity index (χ2v) is 7.06. The fourth-order valence-corrected chi connectivity index (χ4v) is 2.88. The predicted octanol–water partition coefficient (Wildman–Crippen LogP) is -0.917. The number of aliphatic hydroxyl groups excluding tert-OH is 2. The maximum Gasteiger partial charge on any atom is 0.298 e. The summed E-state index contributed by atoms with van der Waals surface area (Å²) >= 11 is 2.01. The largest absolute Gasteiger partial charge is 0.394 e. The number of nitrogens with one attached hydrogen (secondary N) is 3. The Morgan fingerprint density at radius 2 is 2.33 bits per heavy atom. The summed E-state index contributed by atoms with van der Waals surface area (Å²) in [5, 5.41) is 19.5. The number of hydrogen-bond acceptors (Lipinski definition) is 7. The Labute approximate surface area is 167 Å². The third-order valence-corrected chi connectivity index (χ3v) is 4.47. The molecular formula is C16H18FIN5O4+. The normalized spacial score (nSPS) is 19.3. The van der Waals surface area contributed by atoms with Crippen molar-refractivity contribution in [1.29, 1.82) is 0 Å². The lowest BCUT2D eigenvalue weighted by atomic mass is 10.2. The molecule has 2 aliphatic heterocycles. The number of carbonyl (C=O) groups excluding carboxylic acids is 1. The Morgan fingerprint density at radius 1 is 1.52 bits per heavy atom. The number of fused-ring (bicyclic) bond motifs is 1. The summed E-state index contributed by atoms with van der Waals surface area (Å²) in [6, 6.07) is 4.71. The van der Waals surface area contributed by atoms with Crippen molar-refractivity contribution >= 4 is 40.5 Å². The molecule has 0 saturated carbocycles. The number of aliphatic imine (C=N–C) groups is 1. The van der Waals surface area contributed by atoms with E-state index >= 15 is 0 Å². The minimum atomic E-state index is -1.10. The monoisotopic (exact) mass is 490 g/mol. The number of quaternary nitrogens is 1. The zero-order valence-corrected chi connectivity index (χ0v) is 16.2. The van der Waals surface area contributed by atoms with Crippen molar-refractivity contribution < 1.29 is 29.1 Å². The molecule has 0 aliphatic carbocycles. The molecule has 1 aromatic rings. The minimum absolute atomic E-state index is 0.187. The van der Waals surface area contributed by atoms with E-state index in [0.717, 1.165) is 14.2 Å². The highest BCUT2D eigenvalue weighted by molar-refractivity contribution is 14.1. The standard InChI is InChI=1S/C16H17FIN5O4/c17-13-3-10(18)1-2-14(13)20-23-5-11-4-19-9-22(11)6-15(23)16(26)21-27-8-12(25)7-24/h1-4,6,9,12,20,24-25H,5,7-8H2,(H,21,26)/p+1. The van der Waals surface area contributed by atoms with Crippen molar-refractivity contribution in [2.24, 2.45) is 4.99 Å². The average molecular weight is 490 g/mol. The number of anilines is 1. The van der Waals surface area contributed by atoms with Crippen molar-refractivity contribution in [3.8, 4) is 0 Å². The maximum absolute atomic E-state index is 14.2. The number of hydrogen-bond donors (Lipinski definition) is 5. The quantitative estimate of drug-likeness (QED) is 0.250. The molecule has 0 aromatic heterocycles. The van der Waals surface area contributed by atoms with Crippen LogP contribution in [0.15, 0.2) is 47.0 Å². The topological polar surface area (TPSA) is 111 Å². The van der Waals surface area contributed by atoms with E-state index in [9.17, 15) is 14.3 Å². The van der Waals surface area contributed by atoms with Gasteiger partial charge in [-0.1, -0.05) is 0 Å². The Hall–Kier alpha value is -2.06. The first kappa shape index (κ1) is 19.7. The molecule has 0 fully saturated rings. The summed E-state index contributed by atoms with van der Waals surface area (Å²) in [6.45, 7) is -0.460. The first-order valence-corrected chi connectivity index (χ1v) is 9.07. The molecule has 0 bridgehead atoms. The number of benzene rings is 1. The highest BCUT2D eigenvalue weighted by Gasteiger charge is 2.32. The number of halogens is 2. The zero-order chi connectivity index (χ0) is 19.4. The zero-order valence-electron chi connectivity index (χ0n) is 14.0. The molecule has 9 nitrogen and oxygen atoms in total. The lowest BCUT2D eigenvalue weighted by Crippen LogP contribution is -3.05. The van der Waals surface area contributed by atoms with Crippen molar-refractivity contribution in [3.63, 3.8) is 0 Å². The highest BCUT2D eigenvalue weighted by atomic mass is 127. The van der Waals surface area contributed by atoms with Gasteiger partial charge in [-0.15, -0.1) is 0 Å². The van der Waals surface area contributed by atoms with Gasteiger partial charge in [-0.25, -0.2) is 19.8 Å². The van der Waals surface area contributed by atoms with Crippen LogP contribution in [0.4, 0.5) is 10.1 Å². The van der Waals surface area contributed by atoms with Crippen LogP contribution in [0.1, 0.15) is 0 Å². The van der Waals surface area contributed by atoms with Crippen molar-refractivity contribution in [3.05, 3.63) is 51.4 Å². The van der Waals surface area contributed by atoms with Gasteiger partial charge in [0, 0.05) is 3.57 Å². The van der Waals surface area contributed by atoms with Gasteiger partial charge in [0.1, 0.15) is 31.3 Å². The smallest absolute Gasteiger partial charge is 0.298 e. The first-order valence-electron chi connectivity index (χ1n) is 7.99. The molecule has 0 saturated heterocycles. The van der Waals surface area contributed by atoms with Crippen LogP contribution in [0.5, 0.6) is 0 Å². The van der Waals surface area contributed by atoms with Crippen molar-refractivity contribution in [2.75, 3.05) is 25.2 Å². The summed E-state index contributed by atoms with van der Waals surface area (Å²) in [7, 11) is 0. The van der Waals surface area contributed by atoms with E-state index in [1.165, 1.54) is 11.1 Å². The van der Waals surface area contributed by atoms with E-state index in [4.69, 9.17) is 9.94 Å². The number of carbonyl (C=O) groups is 1. The molecule has 0 radical (unpaired) electrons. The van der Waals surface area contributed by atoms with E-state index in [2.05, 4.69) is 15.9 Å². The summed E-state index contributed by atoms with van der Waals surface area (Å²) < 4.78 is 14.9. The number of aliphatic hydroxyl groups is 2. The summed E-state index contributed by atoms with van der Waals surface area (Å²) in [5.41, 5.74) is 6.39. The van der Waals surface area contributed by atoms with Gasteiger partial charge in [-0.3, -0.25) is 20.1 Å². The Bertz CT molecular complexity index is 816. The molecule has 144 valence electrons. The van der Waals surface area contributed by atoms with Gasteiger partial charge in [-0.2, -0.15) is 0 Å². The van der Waals surface area contributed by atoms with Gasteiger partial charge in [0.15, 0.2) is 17.7 Å². The van der Waals surface area contributed by atoms with Gasteiger partial charge in [0.05, 0.1) is 18.5 Å². The van der Waals surface area contributed by atoms with Crippen LogP contribution in [0.25, 0.3) is 0 Å². The van der Waals surface area contributed by atoms with Crippen LogP contribution in [0.2, 0.25) is 0 Å². The molecular weight excluding hydrogens is 472 g/mol. The van der Waals surface area contributed by atoms with Crippen LogP contribution in [-0.2, 0) is 9.63 Å². The van der Waals surface area contributed by atoms with Crippen LogP contribution in [0.3, 0.4) is 0 Å². The number of nitrogens with zero attached hydrogens (tertiary/aromatic N) is 2. The molecule has 2 unspecified atom stereocenters. The average Bonchev–Trinajstić information content (AvgIpc) is 3.10. The molecule has 2 heterocycles. The third-order valence-electron chi connectivity index (χ3n) is 3.80. The molecule has 2 atom stereocenters. The molecule has 0 spiro atoms. The first-order chi connectivity index (χ1) is 13.0. The number of rotatable bonds is 7. The maximum atomic E-state index is 14.2. The number of amides is 1. The Kier molecular flexibility index (Phi) is 6.38. The molecule has 5 N–H and O–H groups in total. The van der Waals surface area contributed by atoms with Crippen LogP contribution >= 0.6 is 22.6 Å². The Balaban J connectivity index is 1.76. The van der Waals surface area contributed by atoms with Gasteiger partial charge in [0.25, 0.3) is 5.91 Å². The Morgan fingerprint density at radius 3 is 3.07 bits per heavy atom. The SMILES string of the molecule is O=C(NOCC(O)CO)C1=C[NH+]2C=NC=C2CN1Nc1ccc(I)cc1F. The summed E-state index contributed by atoms with van der Waals surface area (Å²) in [6.07, 6.45) is 3.80. The van der Waals surface area contributed by atoms with Crippen molar-refractivity contribution in [1.82, 2.24) is 10.5 Å². The summed E-state index contributed by atoms with van der Waals surface area (Å²) in [4.78, 5) is 22.2. The van der Waals surface area contributed by atoms with Gasteiger partial charge in [0.2, 0.25) is 0 Å². The molecule has 2 aliphatic rings. The highest BCUT2D eigenvalue weighted by Crippen LogP contribution is 2.20. The van der Waals surface area contributed by atoms with Crippen molar-refractivity contribution in [2.45, 2.75) is 6.10 Å². The van der Waals surface area contributed by atoms with Crippen LogP contribution < -0.4 is 15.8 Å². The van der Waals surface area contributed by atoms with Crippen LogP contribution in [0, 0.1) is 9.39 Å². The number of hydroxylamine groups is 1. The minimum Gasteiger partial charge on any atom is -0.394 e. The third kappa shape index (κ3) is 4.81. The number of hydrazine groups is 1. The second kappa shape index (κ2) is 8.75. The fourth-order valence-electron chi connectivity index (χ4n) is 2.43. The fraction of sp³-hybridized carbons (Fsp3) is 0.250. The van der Waals surface area contributed by atoms with E-state index in [0.29, 0.717) is 6.54 Å². The molecule has 1 amide bonds.